The van der Waals surface area contributed by atoms with Gasteiger partial charge in [-0.25, -0.2) is 29.6 Å². The van der Waals surface area contributed by atoms with E-state index in [0.717, 1.165) is 60.6 Å². The number of hydrogen-bond donors (Lipinski definition) is 2. The largest absolute Gasteiger partial charge is 0.383 e. The molecule has 0 amide bonds. The molecular formula is C31H29N13. The lowest BCUT2D eigenvalue weighted by atomic mass is 10.0. The predicted molar refractivity (Wildman–Crippen MR) is 165 cm³/mol. The number of nitrogen functional groups attached to an aromatic ring is 1. The number of piperidine rings is 1. The van der Waals surface area contributed by atoms with Gasteiger partial charge in [-0.2, -0.15) is 5.26 Å². The minimum atomic E-state index is 0.178. The molecule has 0 unspecified atom stereocenters. The fraction of sp³-hybridized carbons (Fsp3) is 0.226. The zero-order chi connectivity index (χ0) is 30.0. The van der Waals surface area contributed by atoms with Gasteiger partial charge in [0.05, 0.1) is 17.5 Å². The summed E-state index contributed by atoms with van der Waals surface area (Å²) in [6, 6.07) is 20.3. The van der Waals surface area contributed by atoms with Crippen LogP contribution in [-0.4, -0.2) is 68.5 Å². The topological polar surface area (TPSA) is 165 Å². The Kier molecular flexibility index (Phi) is 7.09. The normalized spacial score (nSPS) is 14.1. The lowest BCUT2D eigenvalue weighted by Gasteiger charge is -2.32. The highest BCUT2D eigenvalue weighted by molar-refractivity contribution is 5.84. The van der Waals surface area contributed by atoms with Crippen LogP contribution in [0.1, 0.15) is 24.2 Å². The van der Waals surface area contributed by atoms with Crippen LogP contribution in [0, 0.1) is 11.3 Å². The molecule has 3 N–H and O–H groups in total. The monoisotopic (exact) mass is 583 g/mol. The lowest BCUT2D eigenvalue weighted by Crippen LogP contribution is -2.38. The van der Waals surface area contributed by atoms with Gasteiger partial charge >= 0.3 is 0 Å². The Labute approximate surface area is 253 Å². The summed E-state index contributed by atoms with van der Waals surface area (Å²) in [5.41, 5.74) is 12.2. The van der Waals surface area contributed by atoms with E-state index in [1.807, 2.05) is 41.9 Å². The maximum atomic E-state index is 9.06. The van der Waals surface area contributed by atoms with Gasteiger partial charge in [0.15, 0.2) is 11.5 Å². The number of aryl methyl sites for hydroxylation is 1. The first kappa shape index (κ1) is 27.1. The number of nitrogens with two attached hydrogens (primary N) is 1. The van der Waals surface area contributed by atoms with Crippen LogP contribution in [0.2, 0.25) is 0 Å². The van der Waals surface area contributed by atoms with E-state index in [0.29, 0.717) is 29.1 Å². The molecule has 1 aliphatic rings. The number of aromatic nitrogens is 9. The SMILES string of the molecule is Cn1nncc1-c1ccc2nc(-c3cccnc3N)n(-c3ccc(CN4CCC(Nc5ccnc(C#N)n5)CC4)cc3)c2n1. The fourth-order valence-electron chi connectivity index (χ4n) is 5.60. The molecule has 6 aromatic rings. The minimum Gasteiger partial charge on any atom is -0.383 e. The van der Waals surface area contributed by atoms with E-state index in [-0.39, 0.29) is 5.82 Å². The first-order valence-corrected chi connectivity index (χ1v) is 14.3. The Morgan fingerprint density at radius 1 is 0.977 bits per heavy atom. The van der Waals surface area contributed by atoms with Crippen molar-refractivity contribution >= 4 is 22.8 Å². The van der Waals surface area contributed by atoms with Crippen molar-refractivity contribution in [2.75, 3.05) is 24.1 Å². The van der Waals surface area contributed by atoms with Crippen LogP contribution in [-0.2, 0) is 13.6 Å². The van der Waals surface area contributed by atoms with Crippen molar-refractivity contribution < 1.29 is 0 Å². The average Bonchev–Trinajstić information content (AvgIpc) is 3.65. The fourth-order valence-corrected chi connectivity index (χ4v) is 5.60. The molecule has 0 aliphatic carbocycles. The molecule has 0 bridgehead atoms. The van der Waals surface area contributed by atoms with Gasteiger partial charge in [-0.3, -0.25) is 9.47 Å². The zero-order valence-corrected chi connectivity index (χ0v) is 24.0. The van der Waals surface area contributed by atoms with Crippen molar-refractivity contribution in [3.8, 4) is 34.5 Å². The molecule has 0 spiro atoms. The zero-order valence-electron chi connectivity index (χ0n) is 24.0. The second-order valence-corrected chi connectivity index (χ2v) is 10.7. The highest BCUT2D eigenvalue weighted by Crippen LogP contribution is 2.32. The molecule has 0 radical (unpaired) electrons. The molecule has 1 aromatic carbocycles. The third-order valence-corrected chi connectivity index (χ3v) is 7.86. The highest BCUT2D eigenvalue weighted by Gasteiger charge is 2.21. The Bertz CT molecular complexity index is 1980. The molecule has 44 heavy (non-hydrogen) atoms. The van der Waals surface area contributed by atoms with Crippen LogP contribution >= 0.6 is 0 Å². The summed E-state index contributed by atoms with van der Waals surface area (Å²) in [5.74, 6) is 1.95. The maximum absolute atomic E-state index is 9.06. The van der Waals surface area contributed by atoms with E-state index in [2.05, 4.69) is 59.7 Å². The third-order valence-electron chi connectivity index (χ3n) is 7.86. The average molecular weight is 584 g/mol. The lowest BCUT2D eigenvalue weighted by molar-refractivity contribution is 0.211. The van der Waals surface area contributed by atoms with E-state index < -0.39 is 0 Å². The van der Waals surface area contributed by atoms with Crippen molar-refractivity contribution in [3.05, 3.63) is 84.6 Å². The van der Waals surface area contributed by atoms with Gasteiger partial charge in [0, 0.05) is 50.8 Å². The number of nitrogens with zero attached hydrogens (tertiary/aromatic N) is 11. The Hall–Kier alpha value is -5.74. The third kappa shape index (κ3) is 5.30. The van der Waals surface area contributed by atoms with Crippen molar-refractivity contribution in [2.45, 2.75) is 25.4 Å². The number of likely N-dealkylation sites (tertiary alicyclic amines) is 1. The number of rotatable bonds is 7. The van der Waals surface area contributed by atoms with Gasteiger partial charge in [-0.1, -0.05) is 17.3 Å². The molecule has 7 rings (SSSR count). The van der Waals surface area contributed by atoms with E-state index in [4.69, 9.17) is 21.0 Å². The first-order chi connectivity index (χ1) is 21.6. The number of anilines is 2. The molecule has 1 saturated heterocycles. The van der Waals surface area contributed by atoms with E-state index >= 15 is 0 Å². The van der Waals surface area contributed by atoms with Crippen LogP contribution in [0.25, 0.3) is 39.6 Å². The summed E-state index contributed by atoms with van der Waals surface area (Å²) in [6.45, 7) is 2.77. The van der Waals surface area contributed by atoms with Crippen LogP contribution < -0.4 is 11.1 Å². The molecule has 6 heterocycles. The van der Waals surface area contributed by atoms with Gasteiger partial charge in [0.25, 0.3) is 0 Å². The van der Waals surface area contributed by atoms with Crippen LogP contribution in [0.15, 0.2) is 73.2 Å². The second kappa shape index (κ2) is 11.5. The number of nitriles is 1. The summed E-state index contributed by atoms with van der Waals surface area (Å²) in [4.78, 5) is 24.9. The van der Waals surface area contributed by atoms with Gasteiger partial charge < -0.3 is 11.1 Å². The summed E-state index contributed by atoms with van der Waals surface area (Å²) in [6.07, 6.45) is 6.96. The van der Waals surface area contributed by atoms with Gasteiger partial charge in [0.1, 0.15) is 28.9 Å². The molecule has 5 aromatic heterocycles. The van der Waals surface area contributed by atoms with Gasteiger partial charge in [0.2, 0.25) is 5.82 Å². The number of hydrogen-bond acceptors (Lipinski definition) is 11. The molecular weight excluding hydrogens is 554 g/mol. The van der Waals surface area contributed by atoms with Crippen LogP contribution in [0.4, 0.5) is 11.6 Å². The number of fused-ring (bicyclic) bond motifs is 1. The summed E-state index contributed by atoms with van der Waals surface area (Å²) < 4.78 is 3.73. The molecule has 1 aliphatic heterocycles. The van der Waals surface area contributed by atoms with Crippen molar-refractivity contribution in [2.24, 2.45) is 7.05 Å². The molecule has 13 heteroatoms. The Balaban J connectivity index is 1.13. The molecule has 0 atom stereocenters. The second-order valence-electron chi connectivity index (χ2n) is 10.7. The Morgan fingerprint density at radius 2 is 1.82 bits per heavy atom. The smallest absolute Gasteiger partial charge is 0.234 e. The highest BCUT2D eigenvalue weighted by atomic mass is 15.4. The van der Waals surface area contributed by atoms with Gasteiger partial charge in [-0.15, -0.1) is 5.10 Å². The Morgan fingerprint density at radius 3 is 2.57 bits per heavy atom. The van der Waals surface area contributed by atoms with Crippen molar-refractivity contribution in [1.82, 2.24) is 49.4 Å². The van der Waals surface area contributed by atoms with E-state index in [1.165, 1.54) is 5.56 Å². The molecule has 13 nitrogen and oxygen atoms in total. The number of imidazole rings is 1. The number of nitrogens with one attached hydrogen (secondary N) is 1. The van der Waals surface area contributed by atoms with Crippen LogP contribution in [0.3, 0.4) is 0 Å². The predicted octanol–water partition coefficient (Wildman–Crippen LogP) is 3.60. The minimum absolute atomic E-state index is 0.178. The standard InChI is InChI=1S/C31H29N13/c1-42-26(18-36-41-42)24-8-9-25-31(38-24)44(30(39-25)23-3-2-13-35-29(23)33)22-6-4-20(5-7-22)19-43-15-11-21(12-16-43)37-27-10-14-34-28(17-32)40-27/h2-10,13-14,18,21H,11-12,15-16,19H2,1H3,(H2,33,35)(H,34,37,40). The molecule has 218 valence electrons. The van der Waals surface area contributed by atoms with E-state index in [1.54, 1.807) is 29.3 Å². The van der Waals surface area contributed by atoms with Gasteiger partial charge in [-0.05, 0) is 60.9 Å². The van der Waals surface area contributed by atoms with Crippen LogP contribution in [0.5, 0.6) is 0 Å². The molecule has 1 fully saturated rings. The molecule has 0 saturated carbocycles. The van der Waals surface area contributed by atoms with Crippen molar-refractivity contribution in [3.63, 3.8) is 0 Å². The maximum Gasteiger partial charge on any atom is 0.234 e. The van der Waals surface area contributed by atoms with E-state index in [9.17, 15) is 0 Å². The summed E-state index contributed by atoms with van der Waals surface area (Å²) >= 11 is 0. The number of benzene rings is 1. The number of pyridine rings is 2. The summed E-state index contributed by atoms with van der Waals surface area (Å²) in [7, 11) is 1.84. The quantitative estimate of drug-likeness (QED) is 0.282. The summed E-state index contributed by atoms with van der Waals surface area (Å²) in [5, 5.41) is 20.6. The first-order valence-electron chi connectivity index (χ1n) is 14.3. The van der Waals surface area contributed by atoms with Crippen molar-refractivity contribution in [1.29, 1.82) is 5.26 Å².